The van der Waals surface area contributed by atoms with E-state index in [0.29, 0.717) is 11.7 Å². The second kappa shape index (κ2) is 9.08. The van der Waals surface area contributed by atoms with Gasteiger partial charge in [-0.25, -0.2) is 9.97 Å². The van der Waals surface area contributed by atoms with Crippen LogP contribution in [-0.4, -0.2) is 20.1 Å². The van der Waals surface area contributed by atoms with Gasteiger partial charge in [0.1, 0.15) is 0 Å². The zero-order chi connectivity index (χ0) is 22.6. The molecule has 0 fully saturated rings. The zero-order valence-corrected chi connectivity index (χ0v) is 18.8. The lowest BCUT2D eigenvalue weighted by Crippen LogP contribution is -2.31. The second-order valence-corrected chi connectivity index (χ2v) is 8.26. The Morgan fingerprint density at radius 2 is 1.71 bits per heavy atom. The Balaban J connectivity index is 1.98. The van der Waals surface area contributed by atoms with Crippen molar-refractivity contribution < 1.29 is 4.52 Å². The highest BCUT2D eigenvalue weighted by atomic mass is 16.5. The number of anilines is 1. The minimum Gasteiger partial charge on any atom is -0.368 e. The topological polar surface area (TPSA) is 90.7 Å². The van der Waals surface area contributed by atoms with Gasteiger partial charge in [0, 0.05) is 23.5 Å². The Bertz CT molecular complexity index is 1100. The Kier molecular flexibility index (Phi) is 6.49. The molecule has 0 bridgehead atoms. The maximum Gasteiger partial charge on any atom is 0.257 e. The van der Waals surface area contributed by atoms with Crippen molar-refractivity contribution in [3.63, 3.8) is 0 Å². The zero-order valence-electron chi connectivity index (χ0n) is 18.8. The van der Waals surface area contributed by atoms with Crippen molar-refractivity contribution >= 4 is 11.5 Å². The number of allylic oxidation sites excluding steroid dienone is 5. The molecule has 1 atom stereocenters. The summed E-state index contributed by atoms with van der Waals surface area (Å²) in [7, 11) is 0. The van der Waals surface area contributed by atoms with Gasteiger partial charge in [-0.05, 0) is 43.9 Å². The van der Waals surface area contributed by atoms with E-state index in [0.717, 1.165) is 22.3 Å². The number of aromatic nitrogens is 4. The molecule has 2 heterocycles. The third-order valence-corrected chi connectivity index (χ3v) is 5.60. The molecule has 160 valence electrons. The molecule has 6 heteroatoms. The molecule has 0 spiro atoms. The average Bonchev–Trinajstić information content (AvgIpc) is 3.24. The summed E-state index contributed by atoms with van der Waals surface area (Å²) in [4.78, 5) is 12.9. The van der Waals surface area contributed by atoms with Gasteiger partial charge in [0.25, 0.3) is 5.89 Å². The molecular weight excluding hydrogens is 386 g/mol. The van der Waals surface area contributed by atoms with Crippen molar-refractivity contribution in [2.75, 3.05) is 5.73 Å². The van der Waals surface area contributed by atoms with E-state index in [1.807, 2.05) is 26.0 Å². The van der Waals surface area contributed by atoms with Crippen LogP contribution in [0.15, 0.2) is 71.6 Å². The van der Waals surface area contributed by atoms with Crippen LogP contribution in [0.25, 0.3) is 16.7 Å². The SMILES string of the molecule is C=C/C(=C\C=C(C)C)c1nc(C(C)(c2ccc(-c3cnc(N)nc3)cc2)C(C)C)no1. The van der Waals surface area contributed by atoms with Crippen molar-refractivity contribution in [3.8, 4) is 11.1 Å². The summed E-state index contributed by atoms with van der Waals surface area (Å²) in [5, 5.41) is 4.34. The van der Waals surface area contributed by atoms with Crippen LogP contribution in [-0.2, 0) is 5.41 Å². The van der Waals surface area contributed by atoms with E-state index in [9.17, 15) is 0 Å². The molecule has 0 aliphatic rings. The standard InChI is InChI=1S/C25H29N5O/c1-7-18(9-8-16(2)3)22-29-23(30-31-22)25(6,17(4)5)21-12-10-19(11-13-21)20-14-27-24(26)28-15-20/h7-15,17H,1H2,2-6H3,(H2,26,27,28)/b18-9+. The first-order chi connectivity index (χ1) is 14.8. The molecule has 31 heavy (non-hydrogen) atoms. The lowest BCUT2D eigenvalue weighted by Gasteiger charge is -2.31. The van der Waals surface area contributed by atoms with Crippen LogP contribution in [0.2, 0.25) is 0 Å². The molecule has 1 aromatic carbocycles. The van der Waals surface area contributed by atoms with E-state index in [4.69, 9.17) is 15.2 Å². The number of rotatable bonds is 7. The van der Waals surface area contributed by atoms with E-state index in [1.54, 1.807) is 18.5 Å². The third-order valence-electron chi connectivity index (χ3n) is 5.60. The van der Waals surface area contributed by atoms with E-state index in [2.05, 4.69) is 66.7 Å². The molecule has 0 amide bonds. The molecular formula is C25H29N5O. The Morgan fingerprint density at radius 3 is 2.26 bits per heavy atom. The van der Waals surface area contributed by atoms with Gasteiger partial charge >= 0.3 is 0 Å². The van der Waals surface area contributed by atoms with Crippen LogP contribution in [0, 0.1) is 5.92 Å². The van der Waals surface area contributed by atoms with Crippen LogP contribution >= 0.6 is 0 Å². The summed E-state index contributed by atoms with van der Waals surface area (Å²) in [6, 6.07) is 8.29. The van der Waals surface area contributed by atoms with Gasteiger partial charge in [0.15, 0.2) is 5.82 Å². The fourth-order valence-corrected chi connectivity index (χ4v) is 3.25. The Hall–Kier alpha value is -3.54. The van der Waals surface area contributed by atoms with Gasteiger partial charge in [-0.3, -0.25) is 0 Å². The smallest absolute Gasteiger partial charge is 0.257 e. The first kappa shape index (κ1) is 22.2. The number of nitrogen functional groups attached to an aromatic ring is 1. The van der Waals surface area contributed by atoms with Crippen LogP contribution in [0.5, 0.6) is 0 Å². The molecule has 0 saturated carbocycles. The van der Waals surface area contributed by atoms with E-state index >= 15 is 0 Å². The van der Waals surface area contributed by atoms with E-state index in [1.165, 1.54) is 5.57 Å². The van der Waals surface area contributed by atoms with Crippen LogP contribution in [0.4, 0.5) is 5.95 Å². The molecule has 3 aromatic rings. The number of hydrogen-bond donors (Lipinski definition) is 1. The quantitative estimate of drug-likeness (QED) is 0.505. The highest BCUT2D eigenvalue weighted by molar-refractivity contribution is 5.69. The number of benzene rings is 1. The van der Waals surface area contributed by atoms with Gasteiger partial charge in [0.05, 0.1) is 5.41 Å². The molecule has 1 unspecified atom stereocenters. The first-order valence-electron chi connectivity index (χ1n) is 10.3. The fraction of sp³-hybridized carbons (Fsp3) is 0.280. The molecule has 2 N–H and O–H groups in total. The average molecular weight is 416 g/mol. The van der Waals surface area contributed by atoms with Crippen LogP contribution < -0.4 is 5.73 Å². The number of hydrogen-bond acceptors (Lipinski definition) is 6. The Morgan fingerprint density at radius 1 is 1.06 bits per heavy atom. The normalized spacial score (nSPS) is 13.7. The third kappa shape index (κ3) is 4.63. The summed E-state index contributed by atoms with van der Waals surface area (Å²) in [5.41, 5.74) is 10.2. The van der Waals surface area contributed by atoms with Crippen molar-refractivity contribution in [2.24, 2.45) is 5.92 Å². The number of nitrogens with two attached hydrogens (primary N) is 1. The second-order valence-electron chi connectivity index (χ2n) is 8.26. The van der Waals surface area contributed by atoms with Crippen molar-refractivity contribution in [3.05, 3.63) is 84.3 Å². The highest BCUT2D eigenvalue weighted by Gasteiger charge is 2.37. The van der Waals surface area contributed by atoms with Gasteiger partial charge in [-0.15, -0.1) is 0 Å². The summed E-state index contributed by atoms with van der Waals surface area (Å²) in [6.07, 6.45) is 9.12. The summed E-state index contributed by atoms with van der Waals surface area (Å²) < 4.78 is 5.61. The largest absolute Gasteiger partial charge is 0.368 e. The van der Waals surface area contributed by atoms with E-state index in [-0.39, 0.29) is 11.9 Å². The molecule has 0 aliphatic carbocycles. The van der Waals surface area contributed by atoms with Crippen LogP contribution in [0.3, 0.4) is 0 Å². The summed E-state index contributed by atoms with van der Waals surface area (Å²) in [6.45, 7) is 14.4. The predicted octanol–water partition coefficient (Wildman–Crippen LogP) is 5.61. The predicted molar refractivity (Wildman–Crippen MR) is 125 cm³/mol. The van der Waals surface area contributed by atoms with E-state index < -0.39 is 5.41 Å². The van der Waals surface area contributed by atoms with Gasteiger partial charge < -0.3 is 10.3 Å². The minimum atomic E-state index is -0.430. The van der Waals surface area contributed by atoms with Crippen molar-refractivity contribution in [1.82, 2.24) is 20.1 Å². The molecule has 6 nitrogen and oxygen atoms in total. The first-order valence-corrected chi connectivity index (χ1v) is 10.3. The molecule has 2 aromatic heterocycles. The minimum absolute atomic E-state index is 0.234. The maximum atomic E-state index is 5.61. The Labute approximate surface area is 183 Å². The summed E-state index contributed by atoms with van der Waals surface area (Å²) in [5.74, 6) is 1.60. The maximum absolute atomic E-state index is 5.61. The molecule has 0 radical (unpaired) electrons. The van der Waals surface area contributed by atoms with Gasteiger partial charge in [-0.1, -0.05) is 67.6 Å². The molecule has 0 aliphatic heterocycles. The van der Waals surface area contributed by atoms with Crippen molar-refractivity contribution in [2.45, 2.75) is 40.0 Å². The van der Waals surface area contributed by atoms with Gasteiger partial charge in [-0.2, -0.15) is 4.98 Å². The number of nitrogens with zero attached hydrogens (tertiary/aromatic N) is 4. The van der Waals surface area contributed by atoms with Gasteiger partial charge in [0.2, 0.25) is 5.95 Å². The highest BCUT2D eigenvalue weighted by Crippen LogP contribution is 2.38. The molecule has 3 rings (SSSR count). The van der Waals surface area contributed by atoms with Crippen LogP contribution in [0.1, 0.15) is 51.9 Å². The fourth-order valence-electron chi connectivity index (χ4n) is 3.25. The van der Waals surface area contributed by atoms with Crippen molar-refractivity contribution in [1.29, 1.82) is 0 Å². The summed E-state index contributed by atoms with van der Waals surface area (Å²) >= 11 is 0. The lowest BCUT2D eigenvalue weighted by molar-refractivity contribution is 0.345. The monoisotopic (exact) mass is 415 g/mol. The molecule has 0 saturated heterocycles. The lowest BCUT2D eigenvalue weighted by atomic mass is 9.72.